The van der Waals surface area contributed by atoms with Crippen LogP contribution in [0.2, 0.25) is 0 Å². The van der Waals surface area contributed by atoms with Crippen LogP contribution in [0.3, 0.4) is 0 Å². The zero-order valence-electron chi connectivity index (χ0n) is 22.7. The van der Waals surface area contributed by atoms with E-state index >= 15 is 0 Å². The predicted octanol–water partition coefficient (Wildman–Crippen LogP) is 4.30. The van der Waals surface area contributed by atoms with Crippen LogP contribution in [0, 0.1) is 13.8 Å². The predicted molar refractivity (Wildman–Crippen MR) is 150 cm³/mol. The Morgan fingerprint density at radius 2 is 1.79 bits per heavy atom. The van der Waals surface area contributed by atoms with Gasteiger partial charge in [-0.15, -0.1) is 11.3 Å². The molecule has 1 amide bonds. The summed E-state index contributed by atoms with van der Waals surface area (Å²) >= 11 is 1.42. The van der Waals surface area contributed by atoms with Crippen molar-refractivity contribution in [1.82, 2.24) is 19.0 Å². The maximum absolute atomic E-state index is 13.7. The molecule has 0 bridgehead atoms. The van der Waals surface area contributed by atoms with E-state index in [1.54, 1.807) is 13.8 Å². The van der Waals surface area contributed by atoms with Gasteiger partial charge < -0.3 is 5.32 Å². The molecule has 11 heteroatoms. The standard InChI is InChI=1S/C27H35N5O4S2/c1-7-31(8-2)38(35,36)21-11-9-20(10-12-21)25(33)28-26-24(27(34)32-19(6)15-18(5)29-32)22-13-14-30(17(3)4)16-23(22)37-26/h9-12,15,17H,7-8,13-14,16H2,1-6H3,(H,28,33). The average molecular weight is 558 g/mol. The summed E-state index contributed by atoms with van der Waals surface area (Å²) in [5, 5.41) is 7.82. The van der Waals surface area contributed by atoms with Crippen LogP contribution in [0.4, 0.5) is 5.00 Å². The van der Waals surface area contributed by atoms with Crippen molar-refractivity contribution in [2.75, 3.05) is 25.0 Å². The second kappa shape index (κ2) is 11.1. The van der Waals surface area contributed by atoms with Gasteiger partial charge in [-0.1, -0.05) is 13.8 Å². The van der Waals surface area contributed by atoms with Gasteiger partial charge in [0.25, 0.3) is 11.8 Å². The van der Waals surface area contributed by atoms with Gasteiger partial charge in [0.15, 0.2) is 0 Å². The Morgan fingerprint density at radius 3 is 2.34 bits per heavy atom. The molecule has 38 heavy (non-hydrogen) atoms. The summed E-state index contributed by atoms with van der Waals surface area (Å²) in [6.45, 7) is 13.8. The average Bonchev–Trinajstić information content (AvgIpc) is 3.41. The number of hydrogen-bond donors (Lipinski definition) is 1. The van der Waals surface area contributed by atoms with Crippen molar-refractivity contribution in [3.63, 3.8) is 0 Å². The number of anilines is 1. The van der Waals surface area contributed by atoms with Gasteiger partial charge in [0, 0.05) is 48.4 Å². The lowest BCUT2D eigenvalue weighted by atomic mass is 10.0. The van der Waals surface area contributed by atoms with E-state index in [2.05, 4.69) is 29.2 Å². The van der Waals surface area contributed by atoms with E-state index in [1.807, 2.05) is 19.9 Å². The van der Waals surface area contributed by atoms with E-state index in [-0.39, 0.29) is 10.8 Å². The van der Waals surface area contributed by atoms with E-state index in [0.717, 1.165) is 28.4 Å². The number of nitrogens with zero attached hydrogens (tertiary/aromatic N) is 4. The molecule has 2 aromatic heterocycles. The summed E-state index contributed by atoms with van der Waals surface area (Å²) in [5.74, 6) is -0.666. The van der Waals surface area contributed by atoms with Gasteiger partial charge in [0.2, 0.25) is 10.0 Å². The van der Waals surface area contributed by atoms with Crippen molar-refractivity contribution < 1.29 is 18.0 Å². The maximum atomic E-state index is 13.7. The lowest BCUT2D eigenvalue weighted by Crippen LogP contribution is -2.35. The highest BCUT2D eigenvalue weighted by Gasteiger charge is 2.31. The second-order valence-electron chi connectivity index (χ2n) is 9.73. The van der Waals surface area contributed by atoms with Crippen LogP contribution in [-0.2, 0) is 23.0 Å². The third-order valence-electron chi connectivity index (χ3n) is 6.92. The topological polar surface area (TPSA) is 105 Å². The first-order valence-corrected chi connectivity index (χ1v) is 15.1. The van der Waals surface area contributed by atoms with Gasteiger partial charge in [0.1, 0.15) is 5.00 Å². The molecule has 204 valence electrons. The molecule has 0 aliphatic carbocycles. The number of fused-ring (bicyclic) bond motifs is 1. The molecule has 1 N–H and O–H groups in total. The maximum Gasteiger partial charge on any atom is 0.281 e. The number of carbonyl (C=O) groups excluding carboxylic acids is 2. The first-order chi connectivity index (χ1) is 18.0. The van der Waals surface area contributed by atoms with Crippen molar-refractivity contribution in [1.29, 1.82) is 0 Å². The molecular weight excluding hydrogens is 522 g/mol. The zero-order valence-corrected chi connectivity index (χ0v) is 24.4. The Kier molecular flexibility index (Phi) is 8.22. The minimum atomic E-state index is -3.62. The van der Waals surface area contributed by atoms with Crippen LogP contribution in [-0.4, -0.2) is 64.9 Å². The Hall–Kier alpha value is -2.86. The smallest absolute Gasteiger partial charge is 0.281 e. The third-order valence-corrected chi connectivity index (χ3v) is 10.1. The number of nitrogens with one attached hydrogen (secondary N) is 1. The first-order valence-electron chi connectivity index (χ1n) is 12.9. The summed E-state index contributed by atoms with van der Waals surface area (Å²) in [5.41, 5.74) is 3.22. The lowest BCUT2D eigenvalue weighted by molar-refractivity contribution is 0.0941. The van der Waals surface area contributed by atoms with Crippen molar-refractivity contribution in [2.45, 2.75) is 65.4 Å². The molecule has 4 rings (SSSR count). The van der Waals surface area contributed by atoms with Gasteiger partial charge in [-0.25, -0.2) is 13.1 Å². The van der Waals surface area contributed by atoms with Crippen LogP contribution >= 0.6 is 11.3 Å². The Morgan fingerprint density at radius 1 is 1.13 bits per heavy atom. The molecule has 1 aromatic carbocycles. The summed E-state index contributed by atoms with van der Waals surface area (Å²) in [4.78, 5) is 30.5. The zero-order chi connectivity index (χ0) is 27.8. The molecule has 0 saturated carbocycles. The molecule has 0 fully saturated rings. The molecule has 9 nitrogen and oxygen atoms in total. The quantitative estimate of drug-likeness (QED) is 0.443. The number of aryl methyl sites for hydroxylation is 2. The van der Waals surface area contributed by atoms with Crippen molar-refractivity contribution in [3.8, 4) is 0 Å². The molecule has 3 heterocycles. The van der Waals surface area contributed by atoms with Gasteiger partial charge in [-0.3, -0.25) is 14.5 Å². The van der Waals surface area contributed by atoms with Crippen LogP contribution in [0.5, 0.6) is 0 Å². The number of benzene rings is 1. The molecule has 0 saturated heterocycles. The normalized spacial score (nSPS) is 14.2. The molecule has 0 spiro atoms. The lowest BCUT2D eigenvalue weighted by Gasteiger charge is -2.30. The van der Waals surface area contributed by atoms with Crippen molar-refractivity contribution in [3.05, 3.63) is 63.3 Å². The van der Waals surface area contributed by atoms with Crippen LogP contribution in [0.25, 0.3) is 0 Å². The third kappa shape index (κ3) is 5.33. The van der Waals surface area contributed by atoms with Gasteiger partial charge in [-0.2, -0.15) is 9.40 Å². The summed E-state index contributed by atoms with van der Waals surface area (Å²) in [6.07, 6.45) is 0.707. The molecule has 1 aliphatic heterocycles. The molecular formula is C27H35N5O4S2. The van der Waals surface area contributed by atoms with Gasteiger partial charge in [0.05, 0.1) is 16.2 Å². The number of carbonyl (C=O) groups is 2. The number of amides is 1. The highest BCUT2D eigenvalue weighted by atomic mass is 32.2. The molecule has 1 aliphatic rings. The van der Waals surface area contributed by atoms with E-state index < -0.39 is 15.9 Å². The number of hydrogen-bond acceptors (Lipinski definition) is 7. The number of rotatable bonds is 8. The number of sulfonamides is 1. The summed E-state index contributed by atoms with van der Waals surface area (Å²) in [6, 6.07) is 8.12. The Labute approximate surface area is 228 Å². The van der Waals surface area contributed by atoms with Crippen LogP contribution < -0.4 is 5.32 Å². The Bertz CT molecular complexity index is 1450. The highest BCUT2D eigenvalue weighted by Crippen LogP contribution is 2.38. The SMILES string of the molecule is CCN(CC)S(=O)(=O)c1ccc(C(=O)Nc2sc3c(c2C(=O)n2nc(C)cc2C)CCN(C(C)C)C3)cc1. The van der Waals surface area contributed by atoms with Gasteiger partial charge >= 0.3 is 0 Å². The number of thiophene rings is 1. The van der Waals surface area contributed by atoms with Crippen LogP contribution in [0.1, 0.15) is 70.2 Å². The molecule has 0 atom stereocenters. The van der Waals surface area contributed by atoms with Crippen molar-refractivity contribution >= 4 is 38.2 Å². The number of aromatic nitrogens is 2. The fraction of sp³-hybridized carbons (Fsp3) is 0.444. The monoisotopic (exact) mass is 557 g/mol. The molecule has 0 unspecified atom stereocenters. The van der Waals surface area contributed by atoms with E-state index in [4.69, 9.17) is 0 Å². The second-order valence-corrected chi connectivity index (χ2v) is 12.8. The minimum Gasteiger partial charge on any atom is -0.313 e. The van der Waals surface area contributed by atoms with E-state index in [1.165, 1.54) is 44.6 Å². The highest BCUT2D eigenvalue weighted by molar-refractivity contribution is 7.89. The minimum absolute atomic E-state index is 0.138. The molecule has 0 radical (unpaired) electrons. The summed E-state index contributed by atoms with van der Waals surface area (Å²) < 4.78 is 28.4. The van der Waals surface area contributed by atoms with Crippen molar-refractivity contribution in [2.24, 2.45) is 0 Å². The first kappa shape index (κ1) is 28.2. The fourth-order valence-corrected chi connectivity index (χ4v) is 7.50. The Balaban J connectivity index is 1.67. The van der Waals surface area contributed by atoms with E-state index in [9.17, 15) is 18.0 Å². The van der Waals surface area contributed by atoms with Gasteiger partial charge in [-0.05, 0) is 70.0 Å². The summed E-state index contributed by atoms with van der Waals surface area (Å²) in [7, 11) is -3.62. The van der Waals surface area contributed by atoms with Crippen LogP contribution in [0.15, 0.2) is 35.2 Å². The van der Waals surface area contributed by atoms with E-state index in [0.29, 0.717) is 48.2 Å². The largest absolute Gasteiger partial charge is 0.313 e. The fourth-order valence-electron chi connectivity index (χ4n) is 4.78. The molecule has 3 aromatic rings.